The van der Waals surface area contributed by atoms with E-state index in [2.05, 4.69) is 33.0 Å². The summed E-state index contributed by atoms with van der Waals surface area (Å²) in [4.78, 5) is 24.8. The molecule has 0 radical (unpaired) electrons. The van der Waals surface area contributed by atoms with Gasteiger partial charge in [-0.25, -0.2) is 4.39 Å². The van der Waals surface area contributed by atoms with Crippen LogP contribution in [0.4, 0.5) is 15.8 Å². The summed E-state index contributed by atoms with van der Waals surface area (Å²) in [7, 11) is 0. The first-order valence-corrected chi connectivity index (χ1v) is 10.4. The normalized spacial score (nSPS) is 15.7. The molecule has 1 N–H and O–H groups in total. The van der Waals surface area contributed by atoms with Crippen LogP contribution >= 0.6 is 0 Å². The van der Waals surface area contributed by atoms with Gasteiger partial charge in [-0.3, -0.25) is 14.7 Å². The van der Waals surface area contributed by atoms with Crippen LogP contribution in [0, 0.1) is 6.92 Å². The molecule has 1 aliphatic carbocycles. The van der Waals surface area contributed by atoms with Crippen LogP contribution in [0.15, 0.2) is 58.3 Å². The number of benzene rings is 1. The Bertz CT molecular complexity index is 1080. The number of halogens is 1. The van der Waals surface area contributed by atoms with Gasteiger partial charge in [0.05, 0.1) is 17.0 Å². The highest BCUT2D eigenvalue weighted by molar-refractivity contribution is 6.05. The first-order chi connectivity index (χ1) is 14.6. The number of aliphatic imine (C=N–C) groups is 1. The summed E-state index contributed by atoms with van der Waals surface area (Å²) in [6.45, 7) is 7.60. The Balaban J connectivity index is 1.63. The summed E-state index contributed by atoms with van der Waals surface area (Å²) in [6.07, 6.45) is 0. The Morgan fingerprint density at radius 2 is 1.87 bits per heavy atom. The van der Waals surface area contributed by atoms with Gasteiger partial charge in [-0.1, -0.05) is 30.3 Å². The van der Waals surface area contributed by atoms with Crippen LogP contribution in [-0.2, 0) is 0 Å². The molecule has 0 amide bonds. The summed E-state index contributed by atoms with van der Waals surface area (Å²) in [5, 5.41) is 0. The second-order valence-electron chi connectivity index (χ2n) is 7.75. The number of rotatable bonds is 5. The molecule has 30 heavy (non-hydrogen) atoms. The maximum absolute atomic E-state index is 12.6. The lowest BCUT2D eigenvalue weighted by Gasteiger charge is -2.35. The van der Waals surface area contributed by atoms with Gasteiger partial charge in [0.25, 0.3) is 5.56 Å². The molecule has 156 valence electrons. The van der Waals surface area contributed by atoms with Crippen LogP contribution in [0.2, 0.25) is 0 Å². The minimum atomic E-state index is -0.295. The largest absolute Gasteiger partial charge is 0.369 e. The third kappa shape index (κ3) is 4.14. The molecule has 6 heteroatoms. The summed E-state index contributed by atoms with van der Waals surface area (Å²) in [5.74, 6) is 0. The number of H-pyrrole nitrogens is 1. The summed E-state index contributed by atoms with van der Waals surface area (Å²) in [5.41, 5.74) is 5.93. The number of hydrogen-bond donors (Lipinski definition) is 1. The van der Waals surface area contributed by atoms with Crippen molar-refractivity contribution in [3.05, 3.63) is 70.0 Å². The molecular weight excluding hydrogens is 379 g/mol. The lowest BCUT2D eigenvalue weighted by molar-refractivity contribution is 0.235. The molecule has 0 unspecified atom stereocenters. The van der Waals surface area contributed by atoms with Crippen molar-refractivity contribution >= 4 is 17.1 Å². The highest BCUT2D eigenvalue weighted by Crippen LogP contribution is 2.28. The van der Waals surface area contributed by atoms with Gasteiger partial charge >= 0.3 is 0 Å². The quantitative estimate of drug-likeness (QED) is 0.651. The number of piperazine rings is 1. The molecule has 2 heterocycles. The average Bonchev–Trinajstić information content (AvgIpc) is 2.89. The van der Waals surface area contributed by atoms with Gasteiger partial charge in [-0.05, 0) is 37.6 Å². The van der Waals surface area contributed by atoms with Gasteiger partial charge < -0.3 is 9.88 Å². The van der Waals surface area contributed by atoms with Crippen LogP contribution in [0.1, 0.15) is 18.1 Å². The number of fused-ring (bicyclic) bond motifs is 1. The van der Waals surface area contributed by atoms with Gasteiger partial charge in [0.15, 0.2) is 0 Å². The van der Waals surface area contributed by atoms with E-state index in [0.29, 0.717) is 17.8 Å². The molecule has 1 aromatic rings. The molecule has 5 nitrogen and oxygen atoms in total. The number of alkyl halides is 1. The van der Waals surface area contributed by atoms with Crippen molar-refractivity contribution in [2.45, 2.75) is 13.8 Å². The van der Waals surface area contributed by atoms with E-state index in [1.54, 1.807) is 0 Å². The maximum atomic E-state index is 12.6. The fraction of sp³-hybridized carbons (Fsp3) is 0.333. The molecule has 0 atom stereocenters. The summed E-state index contributed by atoms with van der Waals surface area (Å²) in [6, 6.07) is 15.9. The highest BCUT2D eigenvalue weighted by Gasteiger charge is 2.19. The van der Waals surface area contributed by atoms with E-state index in [1.807, 2.05) is 44.2 Å². The molecule has 1 saturated heterocycles. The fourth-order valence-electron chi connectivity index (χ4n) is 4.04. The fourth-order valence-corrected chi connectivity index (χ4v) is 4.04. The number of aromatic amines is 1. The zero-order valence-corrected chi connectivity index (χ0v) is 17.5. The van der Waals surface area contributed by atoms with E-state index in [0.717, 1.165) is 54.4 Å². The molecule has 0 bridgehead atoms. The van der Waals surface area contributed by atoms with Crippen molar-refractivity contribution in [2.24, 2.45) is 4.99 Å². The second-order valence-corrected chi connectivity index (χ2v) is 7.75. The SMILES string of the molecule is C/C(=N\c1cc(N2CCN(CCF)CC2)ccc1C)c1c2cccccc-2[nH]c1=O. The molecule has 0 saturated carbocycles. The van der Waals surface area contributed by atoms with Crippen molar-refractivity contribution in [2.75, 3.05) is 44.3 Å². The molecule has 0 spiro atoms. The maximum Gasteiger partial charge on any atom is 0.258 e. The zero-order valence-electron chi connectivity index (χ0n) is 17.5. The van der Waals surface area contributed by atoms with Gasteiger partial charge in [0.1, 0.15) is 6.67 Å². The molecule has 4 rings (SSSR count). The highest BCUT2D eigenvalue weighted by atomic mass is 19.1. The van der Waals surface area contributed by atoms with Gasteiger partial charge in [-0.15, -0.1) is 0 Å². The summed E-state index contributed by atoms with van der Waals surface area (Å²) < 4.78 is 12.6. The van der Waals surface area contributed by atoms with E-state index in [-0.39, 0.29) is 12.2 Å². The predicted molar refractivity (Wildman–Crippen MR) is 121 cm³/mol. The zero-order chi connectivity index (χ0) is 21.1. The van der Waals surface area contributed by atoms with Gasteiger partial charge in [0.2, 0.25) is 0 Å². The lowest BCUT2D eigenvalue weighted by Crippen LogP contribution is -2.47. The minimum Gasteiger partial charge on any atom is -0.369 e. The predicted octanol–water partition coefficient (Wildman–Crippen LogP) is 4.02. The first kappa shape index (κ1) is 20.3. The smallest absolute Gasteiger partial charge is 0.258 e. The van der Waals surface area contributed by atoms with Gasteiger partial charge in [-0.2, -0.15) is 0 Å². The monoisotopic (exact) mass is 406 g/mol. The Hall–Kier alpha value is -2.99. The van der Waals surface area contributed by atoms with E-state index in [9.17, 15) is 9.18 Å². The Morgan fingerprint density at radius 1 is 1.10 bits per heavy atom. The molecule has 0 aromatic heterocycles. The minimum absolute atomic E-state index is 0.116. The third-order valence-electron chi connectivity index (χ3n) is 5.76. The standard InChI is InChI=1S/C24H27FN4O/c1-17-8-9-19(29-14-12-28(11-10-25)13-15-29)16-22(17)26-18(2)23-20-6-4-3-5-7-21(20)27-24(23)30/h3-9,16H,10-15H2,1-2H3,(H,27,30)/b26-18+. The van der Waals surface area contributed by atoms with Crippen LogP contribution in [-0.4, -0.2) is 55.0 Å². The van der Waals surface area contributed by atoms with Crippen molar-refractivity contribution in [1.82, 2.24) is 9.88 Å². The van der Waals surface area contributed by atoms with Gasteiger partial charge in [0, 0.05) is 49.7 Å². The summed E-state index contributed by atoms with van der Waals surface area (Å²) >= 11 is 0. The Labute approximate surface area is 176 Å². The van der Waals surface area contributed by atoms with E-state index in [4.69, 9.17) is 4.99 Å². The van der Waals surface area contributed by atoms with Crippen molar-refractivity contribution in [1.29, 1.82) is 0 Å². The van der Waals surface area contributed by atoms with Crippen LogP contribution in [0.3, 0.4) is 0 Å². The average molecular weight is 407 g/mol. The van der Waals surface area contributed by atoms with Crippen LogP contribution in [0.25, 0.3) is 11.3 Å². The van der Waals surface area contributed by atoms with Crippen LogP contribution in [0.5, 0.6) is 0 Å². The number of nitrogens with one attached hydrogen (secondary N) is 1. The number of nitrogens with zero attached hydrogens (tertiary/aromatic N) is 3. The molecular formula is C24H27FN4O. The number of hydrogen-bond acceptors (Lipinski definition) is 4. The third-order valence-corrected chi connectivity index (χ3v) is 5.76. The number of anilines is 1. The van der Waals surface area contributed by atoms with Crippen molar-refractivity contribution < 1.29 is 4.39 Å². The molecule has 1 fully saturated rings. The molecule has 1 aromatic carbocycles. The van der Waals surface area contributed by atoms with E-state index >= 15 is 0 Å². The van der Waals surface area contributed by atoms with E-state index < -0.39 is 0 Å². The van der Waals surface area contributed by atoms with Crippen molar-refractivity contribution in [3.8, 4) is 11.3 Å². The number of aryl methyl sites for hydroxylation is 1. The van der Waals surface area contributed by atoms with E-state index in [1.165, 1.54) is 0 Å². The first-order valence-electron chi connectivity index (χ1n) is 10.4. The second kappa shape index (κ2) is 8.79. The Kier molecular flexibility index (Phi) is 5.95. The van der Waals surface area contributed by atoms with Crippen LogP contribution < -0.4 is 10.5 Å². The lowest BCUT2D eigenvalue weighted by atomic mass is 10.1. The Morgan fingerprint density at radius 3 is 2.63 bits per heavy atom. The molecule has 3 aliphatic rings. The topological polar surface area (TPSA) is 51.7 Å². The van der Waals surface area contributed by atoms with Crippen molar-refractivity contribution in [3.63, 3.8) is 0 Å². The molecule has 2 aliphatic heterocycles. The number of aromatic nitrogens is 1.